The van der Waals surface area contributed by atoms with Gasteiger partial charge in [-0.3, -0.25) is 24.2 Å². The number of hydrogen-bond donors (Lipinski definition) is 7. The number of phenolic OH excluding ortho intramolecular Hbond substituents is 1. The van der Waals surface area contributed by atoms with Gasteiger partial charge in [0.2, 0.25) is 11.8 Å². The number of nitrogens with one attached hydrogen (secondary N) is 1. The number of rotatable bonds is 22. The van der Waals surface area contributed by atoms with Gasteiger partial charge in [0, 0.05) is 31.2 Å². The molecule has 47 heavy (non-hydrogen) atoms. The third-order valence-electron chi connectivity index (χ3n) is 8.46. The molecule has 12 heteroatoms. The van der Waals surface area contributed by atoms with Crippen molar-refractivity contribution in [2.24, 2.45) is 45.5 Å². The number of aliphatic imine (C=N–C) groups is 1. The van der Waals surface area contributed by atoms with Crippen molar-refractivity contribution < 1.29 is 24.3 Å². The van der Waals surface area contributed by atoms with Gasteiger partial charge in [0.1, 0.15) is 11.5 Å². The lowest BCUT2D eigenvalue weighted by Gasteiger charge is -2.25. The monoisotopic (exact) mass is 651 g/mol. The van der Waals surface area contributed by atoms with Crippen LogP contribution in [-0.2, 0) is 32.0 Å². The standard InChI is InChI=1S/C35H53N7O5/c1-22-17-27(43)18-23(2)28(22)19-26(21-31(44)29(37)11-8-16-41-35(39)40)34(47)42-30(12-6-7-15-36)32(45)20-25(33(38)46)14-13-24-9-4-3-5-10-24/h3-5,9-10,17-18,25-26,29-30,43H,6-8,11-16,19-21,36-37H2,1-2H3,(H2,38,46)(H,42,47)(H4,39,40,41)/t25-,26-,29-,30+/m1/s1. The first kappa shape index (κ1) is 38.9. The van der Waals surface area contributed by atoms with E-state index in [0.717, 1.165) is 22.3 Å². The van der Waals surface area contributed by atoms with Crippen molar-refractivity contribution in [2.45, 2.75) is 90.1 Å². The van der Waals surface area contributed by atoms with Crippen LogP contribution in [0.4, 0.5) is 0 Å². The number of guanidine groups is 1. The van der Waals surface area contributed by atoms with Crippen LogP contribution in [0.3, 0.4) is 0 Å². The Labute approximate surface area is 277 Å². The number of hydrogen-bond acceptors (Lipinski definition) is 8. The maximum atomic E-state index is 13.9. The molecule has 0 heterocycles. The second-order valence-corrected chi connectivity index (χ2v) is 12.3. The van der Waals surface area contributed by atoms with E-state index in [2.05, 4.69) is 10.3 Å². The van der Waals surface area contributed by atoms with Crippen LogP contribution in [-0.4, -0.2) is 59.6 Å². The van der Waals surface area contributed by atoms with Gasteiger partial charge in [-0.15, -0.1) is 0 Å². The molecule has 2 rings (SSSR count). The minimum absolute atomic E-state index is 0.0461. The molecule has 0 saturated heterocycles. The Hall–Kier alpha value is -4.29. The first-order valence-corrected chi connectivity index (χ1v) is 16.3. The van der Waals surface area contributed by atoms with Crippen molar-refractivity contribution in [3.8, 4) is 5.75 Å². The van der Waals surface area contributed by atoms with E-state index in [9.17, 15) is 24.3 Å². The van der Waals surface area contributed by atoms with Crippen molar-refractivity contribution in [3.63, 3.8) is 0 Å². The van der Waals surface area contributed by atoms with Gasteiger partial charge < -0.3 is 39.1 Å². The van der Waals surface area contributed by atoms with E-state index in [1.54, 1.807) is 12.1 Å². The van der Waals surface area contributed by atoms with Crippen molar-refractivity contribution in [2.75, 3.05) is 13.1 Å². The molecule has 0 saturated carbocycles. The van der Waals surface area contributed by atoms with E-state index < -0.39 is 35.7 Å². The van der Waals surface area contributed by atoms with Gasteiger partial charge in [0.05, 0.1) is 12.1 Å². The fourth-order valence-corrected chi connectivity index (χ4v) is 5.68. The maximum Gasteiger partial charge on any atom is 0.224 e. The molecule has 0 aliphatic carbocycles. The number of phenols is 1. The van der Waals surface area contributed by atoms with E-state index in [-0.39, 0.29) is 42.5 Å². The Kier molecular flexibility index (Phi) is 16.6. The lowest BCUT2D eigenvalue weighted by atomic mass is 9.86. The molecular formula is C35H53N7O5. The summed E-state index contributed by atoms with van der Waals surface area (Å²) in [4.78, 5) is 57.1. The summed E-state index contributed by atoms with van der Waals surface area (Å²) >= 11 is 0. The number of Topliss-reactive ketones (excluding diaryl/α,β-unsaturated/α-hetero) is 2. The van der Waals surface area contributed by atoms with Gasteiger partial charge in [0.25, 0.3) is 0 Å². The normalized spacial score (nSPS) is 13.6. The van der Waals surface area contributed by atoms with Crippen LogP contribution in [0.25, 0.3) is 0 Å². The number of benzene rings is 2. The van der Waals surface area contributed by atoms with E-state index in [1.165, 1.54) is 0 Å². The minimum Gasteiger partial charge on any atom is -0.508 e. The van der Waals surface area contributed by atoms with Crippen LogP contribution in [0.1, 0.15) is 73.6 Å². The summed E-state index contributed by atoms with van der Waals surface area (Å²) in [5.74, 6) is -3.13. The SMILES string of the molecule is Cc1cc(O)cc(C)c1C[C@H](CC(=O)[C@H](N)CCCN=C(N)N)C(=O)N[C@@H](CCCCN)C(=O)C[C@@H](CCc1ccccc1)C(N)=O. The van der Waals surface area contributed by atoms with Gasteiger partial charge in [-0.25, -0.2) is 0 Å². The molecule has 12 N–H and O–H groups in total. The van der Waals surface area contributed by atoms with Gasteiger partial charge in [-0.05, 0) is 106 Å². The zero-order chi connectivity index (χ0) is 34.9. The number of aromatic hydroxyl groups is 1. The molecule has 4 atom stereocenters. The summed E-state index contributed by atoms with van der Waals surface area (Å²) in [6.07, 6.45) is 3.28. The number of ketones is 2. The molecule has 0 spiro atoms. The largest absolute Gasteiger partial charge is 0.508 e. The summed E-state index contributed by atoms with van der Waals surface area (Å²) in [6, 6.07) is 11.1. The third-order valence-corrected chi connectivity index (χ3v) is 8.46. The van der Waals surface area contributed by atoms with Crippen molar-refractivity contribution >= 4 is 29.3 Å². The van der Waals surface area contributed by atoms with Crippen LogP contribution >= 0.6 is 0 Å². The lowest BCUT2D eigenvalue weighted by Crippen LogP contribution is -2.46. The molecule has 258 valence electrons. The molecule has 0 fully saturated rings. The Bertz CT molecular complexity index is 1340. The summed E-state index contributed by atoms with van der Waals surface area (Å²) < 4.78 is 0. The first-order chi connectivity index (χ1) is 22.3. The molecule has 0 aromatic heterocycles. The molecule has 2 amide bonds. The lowest BCUT2D eigenvalue weighted by molar-refractivity contribution is -0.133. The predicted octanol–water partition coefficient (Wildman–Crippen LogP) is 1.82. The Morgan fingerprint density at radius 3 is 2.09 bits per heavy atom. The zero-order valence-corrected chi connectivity index (χ0v) is 27.8. The average molecular weight is 652 g/mol. The van der Waals surface area contributed by atoms with Crippen LogP contribution in [0.2, 0.25) is 0 Å². The molecule has 12 nitrogen and oxygen atoms in total. The van der Waals surface area contributed by atoms with Crippen LogP contribution in [0.5, 0.6) is 5.75 Å². The number of primary amides is 1. The fourth-order valence-electron chi connectivity index (χ4n) is 5.68. The molecule has 0 radical (unpaired) electrons. The number of carbonyl (C=O) groups excluding carboxylic acids is 4. The molecule has 0 aliphatic heterocycles. The Balaban J connectivity index is 2.27. The van der Waals surface area contributed by atoms with Gasteiger partial charge in [0.15, 0.2) is 11.7 Å². The van der Waals surface area contributed by atoms with E-state index in [4.69, 9.17) is 28.7 Å². The average Bonchev–Trinajstić information content (AvgIpc) is 3.01. The highest BCUT2D eigenvalue weighted by molar-refractivity contribution is 5.94. The molecule has 0 bridgehead atoms. The number of unbranched alkanes of at least 4 members (excludes halogenated alkanes) is 1. The molecular weight excluding hydrogens is 598 g/mol. The Morgan fingerprint density at radius 2 is 1.49 bits per heavy atom. The van der Waals surface area contributed by atoms with E-state index >= 15 is 0 Å². The van der Waals surface area contributed by atoms with Gasteiger partial charge >= 0.3 is 0 Å². The second-order valence-electron chi connectivity index (χ2n) is 12.3. The topological polar surface area (TPSA) is 243 Å². The maximum absolute atomic E-state index is 13.9. The van der Waals surface area contributed by atoms with E-state index in [1.807, 2.05) is 44.2 Å². The highest BCUT2D eigenvalue weighted by atomic mass is 16.3. The quantitative estimate of drug-likeness (QED) is 0.0557. The number of aryl methyl sites for hydroxylation is 3. The summed E-state index contributed by atoms with van der Waals surface area (Å²) in [5.41, 5.74) is 31.7. The summed E-state index contributed by atoms with van der Waals surface area (Å²) in [7, 11) is 0. The van der Waals surface area contributed by atoms with E-state index in [0.29, 0.717) is 58.0 Å². The number of nitrogens with zero attached hydrogens (tertiary/aromatic N) is 1. The van der Waals surface area contributed by atoms with Crippen LogP contribution in [0.15, 0.2) is 47.5 Å². The van der Waals surface area contributed by atoms with Crippen LogP contribution < -0.4 is 34.0 Å². The number of nitrogens with two attached hydrogens (primary N) is 5. The molecule has 0 unspecified atom stereocenters. The predicted molar refractivity (Wildman–Crippen MR) is 184 cm³/mol. The second kappa shape index (κ2) is 20.1. The summed E-state index contributed by atoms with van der Waals surface area (Å²) in [5, 5.41) is 13.0. The molecule has 2 aromatic carbocycles. The zero-order valence-electron chi connectivity index (χ0n) is 27.8. The Morgan fingerprint density at radius 1 is 0.851 bits per heavy atom. The first-order valence-electron chi connectivity index (χ1n) is 16.3. The minimum atomic E-state index is -0.888. The van der Waals surface area contributed by atoms with Gasteiger partial charge in [-0.1, -0.05) is 30.3 Å². The smallest absolute Gasteiger partial charge is 0.224 e. The number of amides is 2. The molecule has 0 aliphatic rings. The summed E-state index contributed by atoms with van der Waals surface area (Å²) in [6.45, 7) is 4.40. The third kappa shape index (κ3) is 13.9. The highest BCUT2D eigenvalue weighted by Crippen LogP contribution is 2.26. The number of carbonyl (C=O) groups is 4. The van der Waals surface area contributed by atoms with Crippen LogP contribution in [0, 0.1) is 25.7 Å². The highest BCUT2D eigenvalue weighted by Gasteiger charge is 2.31. The fraction of sp³-hybridized carbons (Fsp3) is 0.514. The van der Waals surface area contributed by atoms with Crippen molar-refractivity contribution in [3.05, 3.63) is 64.7 Å². The molecule has 2 aromatic rings. The van der Waals surface area contributed by atoms with Crippen molar-refractivity contribution in [1.29, 1.82) is 0 Å². The van der Waals surface area contributed by atoms with Crippen molar-refractivity contribution in [1.82, 2.24) is 5.32 Å². The van der Waals surface area contributed by atoms with Gasteiger partial charge in [-0.2, -0.15) is 0 Å².